The Bertz CT molecular complexity index is 883. The lowest BCUT2D eigenvalue weighted by atomic mass is 9.93. The van der Waals surface area contributed by atoms with Gasteiger partial charge in [0.05, 0.1) is 6.04 Å². The summed E-state index contributed by atoms with van der Waals surface area (Å²) in [4.78, 5) is 16.0. The quantitative estimate of drug-likeness (QED) is 0.549. The van der Waals surface area contributed by atoms with E-state index in [-0.39, 0.29) is 17.2 Å². The summed E-state index contributed by atoms with van der Waals surface area (Å²) in [5.74, 6) is 0.155. The van der Waals surface area contributed by atoms with Crippen LogP contribution in [0.25, 0.3) is 0 Å². The molecule has 0 saturated carbocycles. The number of carbonyl (C=O) groups is 1. The van der Waals surface area contributed by atoms with E-state index in [1.165, 1.54) is 5.56 Å². The SMILES string of the molecule is O=C1[C@@H](Sc2ccccc2)[C@@H](Cc2ccccc2)N1c1ccc(Cl)cc1. The number of thioether (sulfide) groups is 1. The average molecular weight is 380 g/mol. The molecule has 0 radical (unpaired) electrons. The predicted molar refractivity (Wildman–Crippen MR) is 109 cm³/mol. The number of hydrogen-bond donors (Lipinski definition) is 0. The van der Waals surface area contributed by atoms with Crippen LogP contribution in [-0.4, -0.2) is 17.2 Å². The van der Waals surface area contributed by atoms with Gasteiger partial charge in [-0.15, -0.1) is 11.8 Å². The van der Waals surface area contributed by atoms with Crippen LogP contribution in [0.4, 0.5) is 5.69 Å². The Kier molecular flexibility index (Phi) is 5.00. The molecule has 1 aliphatic heterocycles. The Morgan fingerprint density at radius 1 is 0.846 bits per heavy atom. The number of carbonyl (C=O) groups excluding carboxylic acids is 1. The number of β-lactam (4-membered cyclic amide) rings is 1. The molecule has 0 N–H and O–H groups in total. The van der Waals surface area contributed by atoms with E-state index in [4.69, 9.17) is 11.6 Å². The third-order valence-electron chi connectivity index (χ3n) is 4.56. The summed E-state index contributed by atoms with van der Waals surface area (Å²) in [6.07, 6.45) is 0.833. The highest BCUT2D eigenvalue weighted by Crippen LogP contribution is 2.40. The molecule has 0 aromatic heterocycles. The molecular weight excluding hydrogens is 362 g/mol. The zero-order valence-corrected chi connectivity index (χ0v) is 15.7. The summed E-state index contributed by atoms with van der Waals surface area (Å²) < 4.78 is 0. The van der Waals surface area contributed by atoms with Crippen molar-refractivity contribution in [2.45, 2.75) is 22.6 Å². The van der Waals surface area contributed by atoms with Crippen LogP contribution in [0.3, 0.4) is 0 Å². The molecule has 2 atom stereocenters. The molecule has 0 spiro atoms. The van der Waals surface area contributed by atoms with Crippen molar-refractivity contribution in [3.63, 3.8) is 0 Å². The molecule has 1 aliphatic rings. The predicted octanol–water partition coefficient (Wildman–Crippen LogP) is 5.46. The molecule has 2 nitrogen and oxygen atoms in total. The number of anilines is 1. The summed E-state index contributed by atoms with van der Waals surface area (Å²) in [5, 5.41) is 0.602. The Hall–Kier alpha value is -2.23. The molecule has 0 bridgehead atoms. The Morgan fingerprint density at radius 3 is 2.12 bits per heavy atom. The van der Waals surface area contributed by atoms with E-state index in [1.807, 2.05) is 65.6 Å². The maximum absolute atomic E-state index is 12.9. The Labute approximate surface area is 162 Å². The average Bonchev–Trinajstić information content (AvgIpc) is 2.69. The fourth-order valence-corrected chi connectivity index (χ4v) is 4.59. The number of hydrogen-bond acceptors (Lipinski definition) is 2. The summed E-state index contributed by atoms with van der Waals surface area (Å²) in [6, 6.07) is 28.1. The lowest BCUT2D eigenvalue weighted by Gasteiger charge is -2.47. The molecule has 1 amide bonds. The van der Waals surface area contributed by atoms with E-state index in [2.05, 4.69) is 24.3 Å². The van der Waals surface area contributed by atoms with Crippen LogP contribution in [0, 0.1) is 0 Å². The highest BCUT2D eigenvalue weighted by atomic mass is 35.5. The molecular formula is C22H18ClNOS. The van der Waals surface area contributed by atoms with Crippen LogP contribution in [0.1, 0.15) is 5.56 Å². The molecule has 1 saturated heterocycles. The van der Waals surface area contributed by atoms with Crippen LogP contribution in [0.15, 0.2) is 89.8 Å². The normalized spacial score (nSPS) is 19.3. The molecule has 3 aromatic carbocycles. The fraction of sp³-hybridized carbons (Fsp3) is 0.136. The van der Waals surface area contributed by atoms with Crippen molar-refractivity contribution in [2.75, 3.05) is 4.90 Å². The van der Waals surface area contributed by atoms with Crippen molar-refractivity contribution in [1.82, 2.24) is 0 Å². The van der Waals surface area contributed by atoms with Gasteiger partial charge in [0.25, 0.3) is 0 Å². The van der Waals surface area contributed by atoms with Gasteiger partial charge in [0.1, 0.15) is 5.25 Å². The molecule has 1 fully saturated rings. The number of nitrogens with zero attached hydrogens (tertiary/aromatic N) is 1. The zero-order chi connectivity index (χ0) is 17.9. The summed E-state index contributed by atoms with van der Waals surface area (Å²) in [5.41, 5.74) is 2.15. The van der Waals surface area contributed by atoms with Crippen molar-refractivity contribution in [1.29, 1.82) is 0 Å². The number of benzene rings is 3. The van der Waals surface area contributed by atoms with E-state index in [1.54, 1.807) is 11.8 Å². The van der Waals surface area contributed by atoms with Gasteiger partial charge in [0.15, 0.2) is 0 Å². The lowest BCUT2D eigenvalue weighted by molar-refractivity contribution is -0.123. The number of halogens is 1. The molecule has 1 heterocycles. The van der Waals surface area contributed by atoms with Gasteiger partial charge in [-0.05, 0) is 48.4 Å². The number of amides is 1. The van der Waals surface area contributed by atoms with Crippen LogP contribution < -0.4 is 4.90 Å². The van der Waals surface area contributed by atoms with E-state index in [0.29, 0.717) is 5.02 Å². The molecule has 3 aromatic rings. The highest BCUT2D eigenvalue weighted by Gasteiger charge is 2.48. The first-order valence-electron chi connectivity index (χ1n) is 8.56. The van der Waals surface area contributed by atoms with Gasteiger partial charge in [0, 0.05) is 15.6 Å². The van der Waals surface area contributed by atoms with Crippen molar-refractivity contribution in [2.24, 2.45) is 0 Å². The third-order valence-corrected chi connectivity index (χ3v) is 6.13. The second kappa shape index (κ2) is 7.56. The lowest BCUT2D eigenvalue weighted by Crippen LogP contribution is -2.64. The van der Waals surface area contributed by atoms with Crippen LogP contribution in [0.2, 0.25) is 5.02 Å². The zero-order valence-electron chi connectivity index (χ0n) is 14.1. The summed E-state index contributed by atoms with van der Waals surface area (Å²) in [7, 11) is 0. The minimum atomic E-state index is -0.0757. The van der Waals surface area contributed by atoms with Gasteiger partial charge in [-0.1, -0.05) is 60.1 Å². The van der Waals surface area contributed by atoms with Gasteiger partial charge in [-0.25, -0.2) is 0 Å². The third kappa shape index (κ3) is 3.50. The molecule has 0 aliphatic carbocycles. The van der Waals surface area contributed by atoms with Gasteiger partial charge >= 0.3 is 0 Å². The maximum Gasteiger partial charge on any atom is 0.242 e. The topological polar surface area (TPSA) is 20.3 Å². The Balaban J connectivity index is 1.61. The fourth-order valence-electron chi connectivity index (χ4n) is 3.27. The highest BCUT2D eigenvalue weighted by molar-refractivity contribution is 8.00. The Morgan fingerprint density at radius 2 is 1.46 bits per heavy atom. The van der Waals surface area contributed by atoms with Crippen LogP contribution >= 0.6 is 23.4 Å². The summed E-state index contributed by atoms with van der Waals surface area (Å²) in [6.45, 7) is 0. The van der Waals surface area contributed by atoms with E-state index >= 15 is 0 Å². The minimum absolute atomic E-state index is 0.0757. The van der Waals surface area contributed by atoms with Crippen molar-refractivity contribution < 1.29 is 4.79 Å². The van der Waals surface area contributed by atoms with Crippen molar-refractivity contribution in [3.05, 3.63) is 95.5 Å². The monoisotopic (exact) mass is 379 g/mol. The smallest absolute Gasteiger partial charge is 0.242 e. The van der Waals surface area contributed by atoms with Crippen molar-refractivity contribution >= 4 is 35.0 Å². The van der Waals surface area contributed by atoms with Gasteiger partial charge < -0.3 is 4.90 Å². The van der Waals surface area contributed by atoms with Gasteiger partial charge in [0.2, 0.25) is 5.91 Å². The second-order valence-corrected chi connectivity index (χ2v) is 7.94. The standard InChI is InChI=1S/C22H18ClNOS/c23-17-11-13-18(14-12-17)24-20(15-16-7-3-1-4-8-16)21(22(24)25)26-19-9-5-2-6-10-19/h1-14,20-21H,15H2/t20-,21+/m1/s1. The summed E-state index contributed by atoms with van der Waals surface area (Å²) >= 11 is 7.66. The largest absolute Gasteiger partial charge is 0.306 e. The first kappa shape index (κ1) is 17.2. The van der Waals surface area contributed by atoms with Gasteiger partial charge in [-0.3, -0.25) is 4.79 Å². The second-order valence-electron chi connectivity index (χ2n) is 6.29. The van der Waals surface area contributed by atoms with E-state index < -0.39 is 0 Å². The molecule has 4 rings (SSSR count). The van der Waals surface area contributed by atoms with Crippen LogP contribution in [-0.2, 0) is 11.2 Å². The van der Waals surface area contributed by atoms with E-state index in [9.17, 15) is 4.79 Å². The van der Waals surface area contributed by atoms with Crippen LogP contribution in [0.5, 0.6) is 0 Å². The first-order chi connectivity index (χ1) is 12.7. The van der Waals surface area contributed by atoms with E-state index in [0.717, 1.165) is 17.0 Å². The molecule has 130 valence electrons. The minimum Gasteiger partial charge on any atom is -0.306 e. The number of rotatable bonds is 5. The molecule has 26 heavy (non-hydrogen) atoms. The maximum atomic E-state index is 12.9. The van der Waals surface area contributed by atoms with Gasteiger partial charge in [-0.2, -0.15) is 0 Å². The first-order valence-corrected chi connectivity index (χ1v) is 9.82. The molecule has 0 unspecified atom stereocenters. The van der Waals surface area contributed by atoms with Crippen molar-refractivity contribution in [3.8, 4) is 0 Å². The molecule has 4 heteroatoms.